The van der Waals surface area contributed by atoms with Gasteiger partial charge in [-0.1, -0.05) is 24.9 Å². The lowest BCUT2D eigenvalue weighted by Crippen LogP contribution is -2.64. The highest BCUT2D eigenvalue weighted by Gasteiger charge is 2.57. The second-order valence-corrected chi connectivity index (χ2v) is 7.59. The summed E-state index contributed by atoms with van der Waals surface area (Å²) in [7, 11) is 0. The van der Waals surface area contributed by atoms with Gasteiger partial charge >= 0.3 is 0 Å². The maximum atomic E-state index is 12.7. The molecule has 3 rings (SSSR count). The van der Waals surface area contributed by atoms with Crippen molar-refractivity contribution >= 4 is 5.91 Å². The van der Waals surface area contributed by atoms with E-state index in [0.29, 0.717) is 12.5 Å². The van der Waals surface area contributed by atoms with Crippen molar-refractivity contribution in [2.45, 2.75) is 78.4 Å². The summed E-state index contributed by atoms with van der Waals surface area (Å²) in [6, 6.07) is 0.274. The van der Waals surface area contributed by atoms with Crippen LogP contribution < -0.4 is 5.32 Å². The van der Waals surface area contributed by atoms with Gasteiger partial charge in [0.25, 0.3) is 0 Å². The normalized spacial score (nSPS) is 26.3. The van der Waals surface area contributed by atoms with E-state index in [0.717, 1.165) is 30.0 Å². The Labute approximate surface area is 144 Å². The van der Waals surface area contributed by atoms with E-state index in [9.17, 15) is 4.79 Å². The molecule has 0 radical (unpaired) electrons. The Hall–Kier alpha value is -1.36. The monoisotopic (exact) mass is 334 g/mol. The predicted molar refractivity (Wildman–Crippen MR) is 91.7 cm³/mol. The van der Waals surface area contributed by atoms with Crippen molar-refractivity contribution in [1.29, 1.82) is 0 Å². The first-order valence-corrected chi connectivity index (χ1v) is 9.31. The fourth-order valence-electron chi connectivity index (χ4n) is 4.60. The first kappa shape index (κ1) is 17.5. The van der Waals surface area contributed by atoms with Gasteiger partial charge in [-0.25, -0.2) is 0 Å². The summed E-state index contributed by atoms with van der Waals surface area (Å²) < 4.78 is 11.1. The number of amides is 1. The van der Waals surface area contributed by atoms with E-state index in [1.165, 1.54) is 25.7 Å². The van der Waals surface area contributed by atoms with Crippen LogP contribution in [0.5, 0.6) is 0 Å². The fourth-order valence-corrected chi connectivity index (χ4v) is 4.60. The van der Waals surface area contributed by atoms with Crippen molar-refractivity contribution in [2.24, 2.45) is 11.3 Å². The van der Waals surface area contributed by atoms with E-state index in [-0.39, 0.29) is 23.3 Å². The molecule has 0 aromatic carbocycles. The average molecular weight is 334 g/mol. The molecule has 5 heteroatoms. The first-order chi connectivity index (χ1) is 11.5. The summed E-state index contributed by atoms with van der Waals surface area (Å²) in [5.41, 5.74) is 2.14. The molecule has 134 valence electrons. The number of hydrogen-bond acceptors (Lipinski definition) is 4. The Morgan fingerprint density at radius 2 is 2.12 bits per heavy atom. The van der Waals surface area contributed by atoms with Crippen LogP contribution in [0.3, 0.4) is 0 Å². The average Bonchev–Trinajstić information content (AvgIpc) is 3.18. The van der Waals surface area contributed by atoms with Crippen molar-refractivity contribution in [3.05, 3.63) is 17.0 Å². The fraction of sp³-hybridized carbons (Fsp3) is 0.789. The molecular weight excluding hydrogens is 304 g/mol. The summed E-state index contributed by atoms with van der Waals surface area (Å²) >= 11 is 0. The highest BCUT2D eigenvalue weighted by molar-refractivity contribution is 5.79. The van der Waals surface area contributed by atoms with Gasteiger partial charge in [0.15, 0.2) is 0 Å². The van der Waals surface area contributed by atoms with Crippen LogP contribution in [0.1, 0.15) is 63.0 Å². The van der Waals surface area contributed by atoms with Gasteiger partial charge in [0.05, 0.1) is 11.8 Å². The Morgan fingerprint density at radius 1 is 1.42 bits per heavy atom. The first-order valence-electron chi connectivity index (χ1n) is 9.31. The molecule has 1 N–H and O–H groups in total. The van der Waals surface area contributed by atoms with Crippen LogP contribution in [0, 0.1) is 25.2 Å². The van der Waals surface area contributed by atoms with Crippen molar-refractivity contribution < 1.29 is 14.1 Å². The molecule has 2 aliphatic carbocycles. The third-order valence-electron chi connectivity index (χ3n) is 6.14. The van der Waals surface area contributed by atoms with Crippen LogP contribution in [0.2, 0.25) is 0 Å². The highest BCUT2D eigenvalue weighted by Crippen LogP contribution is 2.54. The molecule has 2 saturated carbocycles. The predicted octanol–water partition coefficient (Wildman–Crippen LogP) is 3.32. The van der Waals surface area contributed by atoms with Gasteiger partial charge in [0.1, 0.15) is 5.76 Å². The minimum atomic E-state index is -0.0774. The van der Waals surface area contributed by atoms with Crippen molar-refractivity contribution in [1.82, 2.24) is 10.5 Å². The van der Waals surface area contributed by atoms with Crippen LogP contribution in [0.4, 0.5) is 0 Å². The van der Waals surface area contributed by atoms with Crippen LogP contribution in [0.15, 0.2) is 4.52 Å². The molecule has 2 aliphatic rings. The summed E-state index contributed by atoms with van der Waals surface area (Å²) in [6.45, 7) is 8.64. The van der Waals surface area contributed by atoms with Crippen LogP contribution in [-0.2, 0) is 16.0 Å². The largest absolute Gasteiger partial charge is 0.378 e. The molecule has 3 atom stereocenters. The molecule has 0 aliphatic heterocycles. The van der Waals surface area contributed by atoms with Gasteiger partial charge in [-0.05, 0) is 46.5 Å². The Balaban J connectivity index is 1.60. The molecule has 0 unspecified atom stereocenters. The van der Waals surface area contributed by atoms with Crippen molar-refractivity contribution in [2.75, 3.05) is 6.61 Å². The van der Waals surface area contributed by atoms with Crippen molar-refractivity contribution in [3.8, 4) is 0 Å². The molecule has 1 aromatic heterocycles. The molecule has 1 amide bonds. The number of carbonyl (C=O) groups is 1. The lowest BCUT2D eigenvalue weighted by molar-refractivity contribution is -0.146. The second-order valence-electron chi connectivity index (χ2n) is 7.59. The quantitative estimate of drug-likeness (QED) is 0.867. The molecule has 1 aromatic rings. The van der Waals surface area contributed by atoms with Gasteiger partial charge < -0.3 is 14.6 Å². The maximum Gasteiger partial charge on any atom is 0.223 e. The number of carbonyl (C=O) groups excluding carboxylic acids is 1. The van der Waals surface area contributed by atoms with E-state index < -0.39 is 0 Å². The van der Waals surface area contributed by atoms with Gasteiger partial charge in [-0.15, -0.1) is 0 Å². The summed E-state index contributed by atoms with van der Waals surface area (Å²) in [5, 5.41) is 7.30. The second kappa shape index (κ2) is 6.87. The zero-order valence-corrected chi connectivity index (χ0v) is 15.4. The van der Waals surface area contributed by atoms with E-state index in [4.69, 9.17) is 9.26 Å². The maximum absolute atomic E-state index is 12.7. The van der Waals surface area contributed by atoms with Gasteiger partial charge in [0.2, 0.25) is 5.91 Å². The molecule has 0 saturated heterocycles. The van der Waals surface area contributed by atoms with E-state index in [1.807, 2.05) is 20.8 Å². The van der Waals surface area contributed by atoms with Gasteiger partial charge in [0, 0.05) is 29.5 Å². The third kappa shape index (κ3) is 2.99. The zero-order chi connectivity index (χ0) is 17.3. The zero-order valence-electron chi connectivity index (χ0n) is 15.4. The van der Waals surface area contributed by atoms with Crippen LogP contribution >= 0.6 is 0 Å². The molecule has 0 bridgehead atoms. The number of nitrogens with one attached hydrogen (secondary N) is 1. The molecule has 5 nitrogen and oxygen atoms in total. The number of hydrogen-bond donors (Lipinski definition) is 1. The minimum Gasteiger partial charge on any atom is -0.378 e. The number of aryl methyl sites for hydroxylation is 2. The Morgan fingerprint density at radius 3 is 2.71 bits per heavy atom. The number of aromatic nitrogens is 1. The van der Waals surface area contributed by atoms with Gasteiger partial charge in [-0.2, -0.15) is 0 Å². The van der Waals surface area contributed by atoms with Gasteiger partial charge in [-0.3, -0.25) is 4.79 Å². The van der Waals surface area contributed by atoms with E-state index in [1.54, 1.807) is 0 Å². The highest BCUT2D eigenvalue weighted by atomic mass is 16.5. The Kier molecular flexibility index (Phi) is 5.00. The smallest absolute Gasteiger partial charge is 0.223 e. The van der Waals surface area contributed by atoms with E-state index in [2.05, 4.69) is 17.4 Å². The minimum absolute atomic E-state index is 0.0774. The lowest BCUT2D eigenvalue weighted by Gasteiger charge is -2.54. The van der Waals surface area contributed by atoms with Crippen LogP contribution in [0.25, 0.3) is 0 Å². The third-order valence-corrected chi connectivity index (χ3v) is 6.14. The SMILES string of the molecule is CCO[C@@H]1C[C@@H](NC(=O)[C@@H](C)Cc2c(C)noc2C)C12CCCC2. The molecule has 24 heavy (non-hydrogen) atoms. The van der Waals surface area contributed by atoms with E-state index >= 15 is 0 Å². The summed E-state index contributed by atoms with van der Waals surface area (Å²) in [5.74, 6) is 0.882. The lowest BCUT2D eigenvalue weighted by atomic mass is 9.60. The topological polar surface area (TPSA) is 64.4 Å². The van der Waals surface area contributed by atoms with Crippen molar-refractivity contribution in [3.63, 3.8) is 0 Å². The Bertz CT molecular complexity index is 570. The number of rotatable bonds is 6. The number of nitrogens with zero attached hydrogens (tertiary/aromatic N) is 1. The molecular formula is C19H30N2O3. The molecule has 2 fully saturated rings. The number of ether oxygens (including phenoxy) is 1. The molecule has 1 spiro atoms. The standard InChI is InChI=1S/C19H30N2O3/c1-5-23-17-11-16(19(17)8-6-7-9-19)20-18(22)12(2)10-15-13(3)21-24-14(15)4/h12,16-17H,5-11H2,1-4H3,(H,20,22)/t12-,16+,17+/m0/s1. The molecule has 1 heterocycles. The summed E-state index contributed by atoms with van der Waals surface area (Å²) in [4.78, 5) is 12.7. The van der Waals surface area contributed by atoms with Crippen LogP contribution in [-0.4, -0.2) is 29.8 Å². The summed E-state index contributed by atoms with van der Waals surface area (Å²) in [6.07, 6.45) is 6.84.